The number of benzene rings is 1. The van der Waals surface area contributed by atoms with Crippen LogP contribution in [0.4, 0.5) is 0 Å². The average molecular weight is 348 g/mol. The van der Waals surface area contributed by atoms with Gasteiger partial charge in [-0.3, -0.25) is 0 Å². The summed E-state index contributed by atoms with van der Waals surface area (Å²) >= 11 is 7.28. The van der Waals surface area contributed by atoms with Gasteiger partial charge in [0.15, 0.2) is 0 Å². The maximum absolute atomic E-state index is 3.64. The summed E-state index contributed by atoms with van der Waals surface area (Å²) in [6.07, 6.45) is 6.66. The Balaban J connectivity index is 2.55. The third-order valence-electron chi connectivity index (χ3n) is 2.98. The van der Waals surface area contributed by atoms with E-state index in [1.54, 1.807) is 0 Å². The van der Waals surface area contributed by atoms with Crippen molar-refractivity contribution < 1.29 is 0 Å². The minimum atomic E-state index is 0.627. The van der Waals surface area contributed by atoms with Gasteiger partial charge in [-0.2, -0.15) is 0 Å². The third-order valence-corrected chi connectivity index (χ3v) is 4.37. The summed E-state index contributed by atoms with van der Waals surface area (Å²) in [7, 11) is 0. The van der Waals surface area contributed by atoms with Crippen LogP contribution in [0.2, 0.25) is 0 Å². The molecule has 0 saturated heterocycles. The largest absolute Gasteiger partial charge is 0.0654 e. The predicted octanol–water partition coefficient (Wildman–Crippen LogP) is 6.29. The molecule has 0 aliphatic carbocycles. The highest BCUT2D eigenvalue weighted by Gasteiger charge is 2.12. The van der Waals surface area contributed by atoms with Crippen LogP contribution < -0.4 is 0 Å². The highest BCUT2D eigenvalue weighted by atomic mass is 79.9. The molecular weight excluding hydrogens is 328 g/mol. The quantitative estimate of drug-likeness (QED) is 0.531. The summed E-state index contributed by atoms with van der Waals surface area (Å²) in [6, 6.07) is 6.33. The Bertz CT molecular complexity index is 300. The second kappa shape index (κ2) is 7.50. The molecule has 0 saturated carbocycles. The zero-order valence-electron chi connectivity index (χ0n) is 10.1. The van der Waals surface area contributed by atoms with Gasteiger partial charge in [-0.1, -0.05) is 77.5 Å². The Morgan fingerprint density at radius 1 is 1.06 bits per heavy atom. The normalized spacial score (nSPS) is 12.8. The molecule has 1 rings (SSSR count). The van der Waals surface area contributed by atoms with Crippen molar-refractivity contribution >= 4 is 31.9 Å². The molecule has 0 amide bonds. The van der Waals surface area contributed by atoms with Crippen LogP contribution in [0.1, 0.15) is 57.4 Å². The summed E-state index contributed by atoms with van der Waals surface area (Å²) in [5.74, 6) is 0.627. The Hall–Kier alpha value is 0.180. The highest BCUT2D eigenvalue weighted by molar-refractivity contribution is 9.11. The molecule has 16 heavy (non-hydrogen) atoms. The molecule has 0 nitrogen and oxygen atoms in total. The summed E-state index contributed by atoms with van der Waals surface area (Å²) < 4.78 is 2.45. The van der Waals surface area contributed by atoms with Gasteiger partial charge in [0.2, 0.25) is 0 Å². The molecule has 0 aromatic heterocycles. The van der Waals surface area contributed by atoms with Gasteiger partial charge in [0.05, 0.1) is 0 Å². The molecule has 0 aliphatic heterocycles. The molecule has 1 aromatic carbocycles. The first-order valence-electron chi connectivity index (χ1n) is 6.10. The first-order chi connectivity index (χ1) is 7.66. The van der Waals surface area contributed by atoms with E-state index in [0.29, 0.717) is 5.92 Å². The Kier molecular flexibility index (Phi) is 6.67. The van der Waals surface area contributed by atoms with Crippen LogP contribution in [0.25, 0.3) is 0 Å². The second-order valence-electron chi connectivity index (χ2n) is 4.39. The van der Waals surface area contributed by atoms with E-state index in [9.17, 15) is 0 Å². The van der Waals surface area contributed by atoms with Crippen LogP contribution in [-0.2, 0) is 0 Å². The Labute approximate surface area is 116 Å². The van der Waals surface area contributed by atoms with Gasteiger partial charge in [0, 0.05) is 8.95 Å². The van der Waals surface area contributed by atoms with E-state index in [0.717, 1.165) is 0 Å². The van der Waals surface area contributed by atoms with Gasteiger partial charge in [0.1, 0.15) is 0 Å². The van der Waals surface area contributed by atoms with Crippen molar-refractivity contribution in [2.45, 2.75) is 51.9 Å². The van der Waals surface area contributed by atoms with Crippen molar-refractivity contribution in [3.05, 3.63) is 32.7 Å². The molecule has 0 spiro atoms. The SMILES string of the molecule is CCCCCCC(C)c1c(Br)cccc1Br. The maximum atomic E-state index is 3.64. The second-order valence-corrected chi connectivity index (χ2v) is 6.09. The Morgan fingerprint density at radius 3 is 2.25 bits per heavy atom. The molecule has 0 heterocycles. The van der Waals surface area contributed by atoms with E-state index < -0.39 is 0 Å². The van der Waals surface area contributed by atoms with Gasteiger partial charge < -0.3 is 0 Å². The lowest BCUT2D eigenvalue weighted by atomic mass is 9.95. The van der Waals surface area contributed by atoms with E-state index in [-0.39, 0.29) is 0 Å². The van der Waals surface area contributed by atoms with Crippen LogP contribution in [0.5, 0.6) is 0 Å². The molecule has 2 heteroatoms. The first kappa shape index (κ1) is 14.2. The first-order valence-corrected chi connectivity index (χ1v) is 7.69. The Morgan fingerprint density at radius 2 is 1.69 bits per heavy atom. The molecule has 1 atom stereocenters. The summed E-state index contributed by atoms with van der Waals surface area (Å²) in [4.78, 5) is 0. The fourth-order valence-electron chi connectivity index (χ4n) is 2.00. The molecule has 0 aliphatic rings. The summed E-state index contributed by atoms with van der Waals surface area (Å²) in [5, 5.41) is 0. The van der Waals surface area contributed by atoms with E-state index in [1.807, 2.05) is 0 Å². The predicted molar refractivity (Wildman–Crippen MR) is 79.0 cm³/mol. The molecule has 1 aromatic rings. The number of rotatable bonds is 6. The minimum absolute atomic E-state index is 0.627. The fourth-order valence-corrected chi connectivity index (χ4v) is 3.78. The van der Waals surface area contributed by atoms with E-state index in [4.69, 9.17) is 0 Å². The number of unbranched alkanes of at least 4 members (excludes halogenated alkanes) is 3. The lowest BCUT2D eigenvalue weighted by Crippen LogP contribution is -1.96. The average Bonchev–Trinajstić information content (AvgIpc) is 2.24. The molecule has 0 radical (unpaired) electrons. The van der Waals surface area contributed by atoms with E-state index in [2.05, 4.69) is 63.9 Å². The molecule has 0 fully saturated rings. The molecule has 1 unspecified atom stereocenters. The highest BCUT2D eigenvalue weighted by Crippen LogP contribution is 2.34. The minimum Gasteiger partial charge on any atom is -0.0654 e. The topological polar surface area (TPSA) is 0 Å². The smallest absolute Gasteiger partial charge is 0.0221 e. The van der Waals surface area contributed by atoms with Crippen LogP contribution in [0.15, 0.2) is 27.1 Å². The monoisotopic (exact) mass is 346 g/mol. The lowest BCUT2D eigenvalue weighted by molar-refractivity contribution is 0.578. The van der Waals surface area contributed by atoms with Crippen LogP contribution in [0, 0.1) is 0 Å². The third kappa shape index (κ3) is 4.21. The molecule has 0 N–H and O–H groups in total. The van der Waals surface area contributed by atoms with Gasteiger partial charge in [-0.05, 0) is 30.0 Å². The summed E-state index contributed by atoms with van der Waals surface area (Å²) in [6.45, 7) is 4.57. The zero-order chi connectivity index (χ0) is 12.0. The van der Waals surface area contributed by atoms with Gasteiger partial charge >= 0.3 is 0 Å². The van der Waals surface area contributed by atoms with Crippen LogP contribution in [0.3, 0.4) is 0 Å². The van der Waals surface area contributed by atoms with Crippen molar-refractivity contribution in [2.24, 2.45) is 0 Å². The maximum Gasteiger partial charge on any atom is 0.0221 e. The van der Waals surface area contributed by atoms with E-state index in [1.165, 1.54) is 46.6 Å². The van der Waals surface area contributed by atoms with Crippen molar-refractivity contribution in [1.29, 1.82) is 0 Å². The number of halogens is 2. The van der Waals surface area contributed by atoms with Gasteiger partial charge in [-0.15, -0.1) is 0 Å². The lowest BCUT2D eigenvalue weighted by Gasteiger charge is -2.15. The van der Waals surface area contributed by atoms with Gasteiger partial charge in [-0.25, -0.2) is 0 Å². The van der Waals surface area contributed by atoms with Crippen molar-refractivity contribution in [3.63, 3.8) is 0 Å². The number of hydrogen-bond acceptors (Lipinski definition) is 0. The van der Waals surface area contributed by atoms with Crippen molar-refractivity contribution in [1.82, 2.24) is 0 Å². The van der Waals surface area contributed by atoms with E-state index >= 15 is 0 Å². The summed E-state index contributed by atoms with van der Waals surface area (Å²) in [5.41, 5.74) is 1.42. The van der Waals surface area contributed by atoms with Crippen LogP contribution in [-0.4, -0.2) is 0 Å². The van der Waals surface area contributed by atoms with Crippen LogP contribution >= 0.6 is 31.9 Å². The molecule has 0 bridgehead atoms. The fraction of sp³-hybridized carbons (Fsp3) is 0.571. The standard InChI is InChI=1S/C14H20Br2/c1-3-4-5-6-8-11(2)14-12(15)9-7-10-13(14)16/h7,9-11H,3-6,8H2,1-2H3. The van der Waals surface area contributed by atoms with Crippen molar-refractivity contribution in [2.75, 3.05) is 0 Å². The zero-order valence-corrected chi connectivity index (χ0v) is 13.3. The molecular formula is C14H20Br2. The molecule has 90 valence electrons. The van der Waals surface area contributed by atoms with Crippen molar-refractivity contribution in [3.8, 4) is 0 Å². The van der Waals surface area contributed by atoms with Gasteiger partial charge in [0.25, 0.3) is 0 Å². The number of hydrogen-bond donors (Lipinski definition) is 0.